The van der Waals surface area contributed by atoms with Crippen molar-refractivity contribution in [2.75, 3.05) is 13.1 Å². The minimum atomic E-state index is -3.51. The highest BCUT2D eigenvalue weighted by atomic mass is 32.2. The molecule has 0 aliphatic rings. The molecule has 126 valence electrons. The summed E-state index contributed by atoms with van der Waals surface area (Å²) in [7, 11) is -3.51. The number of nitrogens with two attached hydrogens (primary N) is 1. The highest BCUT2D eigenvalue weighted by molar-refractivity contribution is 7.91. The van der Waals surface area contributed by atoms with Crippen LogP contribution in [0.5, 0.6) is 0 Å². The Balaban J connectivity index is 2.52. The molecule has 0 saturated heterocycles. The normalized spacial score (nSPS) is 13.3. The van der Waals surface area contributed by atoms with E-state index in [1.54, 1.807) is 19.1 Å². The minimum Gasteiger partial charge on any atom is -0.356 e. The number of hydrogen-bond acceptors (Lipinski definition) is 5. The van der Waals surface area contributed by atoms with E-state index < -0.39 is 10.0 Å². The first-order valence-electron chi connectivity index (χ1n) is 7.32. The van der Waals surface area contributed by atoms with Crippen molar-refractivity contribution in [3.05, 3.63) is 17.0 Å². The lowest BCUT2D eigenvalue weighted by molar-refractivity contribution is -0.121. The number of carbonyl (C=O) groups excluding carboxylic acids is 1. The zero-order valence-corrected chi connectivity index (χ0v) is 14.9. The predicted molar refractivity (Wildman–Crippen MR) is 89.3 cm³/mol. The van der Waals surface area contributed by atoms with Gasteiger partial charge in [0, 0.05) is 30.4 Å². The number of nitrogens with one attached hydrogen (secondary N) is 2. The number of carbonyl (C=O) groups is 1. The van der Waals surface area contributed by atoms with Crippen LogP contribution < -0.4 is 15.8 Å². The van der Waals surface area contributed by atoms with Crippen molar-refractivity contribution in [3.63, 3.8) is 0 Å². The third-order valence-electron chi connectivity index (χ3n) is 2.90. The van der Waals surface area contributed by atoms with Crippen molar-refractivity contribution < 1.29 is 13.2 Å². The predicted octanol–water partition coefficient (Wildman–Crippen LogP) is 1.08. The van der Waals surface area contributed by atoms with Crippen molar-refractivity contribution >= 4 is 27.3 Å². The van der Waals surface area contributed by atoms with Gasteiger partial charge in [0.25, 0.3) is 0 Å². The molecule has 0 unspecified atom stereocenters. The average molecular weight is 348 g/mol. The van der Waals surface area contributed by atoms with Crippen LogP contribution in [0.15, 0.2) is 16.3 Å². The maximum Gasteiger partial charge on any atom is 0.250 e. The van der Waals surface area contributed by atoms with E-state index >= 15 is 0 Å². The van der Waals surface area contributed by atoms with Gasteiger partial charge in [-0.25, -0.2) is 13.1 Å². The molecule has 0 spiro atoms. The third-order valence-corrected chi connectivity index (χ3v) is 6.13. The van der Waals surface area contributed by atoms with E-state index in [0.29, 0.717) is 25.3 Å². The summed E-state index contributed by atoms with van der Waals surface area (Å²) < 4.78 is 27.0. The highest BCUT2D eigenvalue weighted by Crippen LogP contribution is 2.22. The summed E-state index contributed by atoms with van der Waals surface area (Å²) in [5.74, 6) is 0.354. The minimum absolute atomic E-state index is 0.0258. The van der Waals surface area contributed by atoms with Crippen molar-refractivity contribution in [2.24, 2.45) is 11.7 Å². The molecule has 4 N–H and O–H groups in total. The highest BCUT2D eigenvalue weighted by Gasteiger charge is 2.18. The first-order chi connectivity index (χ1) is 10.2. The van der Waals surface area contributed by atoms with Crippen LogP contribution in [0, 0.1) is 5.92 Å². The summed E-state index contributed by atoms with van der Waals surface area (Å²) in [4.78, 5) is 12.5. The maximum atomic E-state index is 12.1. The Labute approximate surface area is 136 Å². The van der Waals surface area contributed by atoms with Gasteiger partial charge in [-0.3, -0.25) is 4.79 Å². The number of amides is 1. The lowest BCUT2D eigenvalue weighted by atomic mass is 10.1. The van der Waals surface area contributed by atoms with Gasteiger partial charge in [-0.05, 0) is 31.4 Å². The van der Waals surface area contributed by atoms with Gasteiger partial charge in [-0.2, -0.15) is 0 Å². The Morgan fingerprint density at radius 3 is 2.59 bits per heavy atom. The second kappa shape index (κ2) is 8.61. The average Bonchev–Trinajstić information content (AvgIpc) is 2.87. The molecule has 1 amide bonds. The molecule has 1 heterocycles. The summed E-state index contributed by atoms with van der Waals surface area (Å²) in [5, 5.41) is 2.84. The molecule has 1 rings (SSSR count). The van der Waals surface area contributed by atoms with Gasteiger partial charge in [0.1, 0.15) is 4.21 Å². The lowest BCUT2D eigenvalue weighted by Gasteiger charge is -2.10. The van der Waals surface area contributed by atoms with Crippen LogP contribution in [0.2, 0.25) is 0 Å². The Hall–Kier alpha value is -0.960. The van der Waals surface area contributed by atoms with E-state index in [9.17, 15) is 13.2 Å². The van der Waals surface area contributed by atoms with Crippen LogP contribution in [-0.2, 0) is 21.2 Å². The van der Waals surface area contributed by atoms with Crippen molar-refractivity contribution in [2.45, 2.75) is 43.9 Å². The molecule has 1 atom stereocenters. The fourth-order valence-electron chi connectivity index (χ4n) is 1.78. The number of rotatable bonds is 9. The molecule has 22 heavy (non-hydrogen) atoms. The molecule has 8 heteroatoms. The topological polar surface area (TPSA) is 101 Å². The molecular weight excluding hydrogens is 322 g/mol. The van der Waals surface area contributed by atoms with Crippen LogP contribution >= 0.6 is 11.3 Å². The van der Waals surface area contributed by atoms with E-state index in [4.69, 9.17) is 5.73 Å². The summed E-state index contributed by atoms with van der Waals surface area (Å²) in [6.07, 6.45) is 1.13. The molecule has 0 aliphatic carbocycles. The molecule has 6 nitrogen and oxygen atoms in total. The lowest BCUT2D eigenvalue weighted by Crippen LogP contribution is -2.37. The second-order valence-electron chi connectivity index (χ2n) is 5.68. The Morgan fingerprint density at radius 2 is 2.00 bits per heavy atom. The fourth-order valence-corrected chi connectivity index (χ4v) is 4.40. The third kappa shape index (κ3) is 6.43. The molecule has 0 fully saturated rings. The quantitative estimate of drug-likeness (QED) is 0.622. The van der Waals surface area contributed by atoms with Crippen LogP contribution in [0.4, 0.5) is 0 Å². The molecule has 0 aromatic carbocycles. The molecule has 0 radical (unpaired) electrons. The summed E-state index contributed by atoms with van der Waals surface area (Å²) in [6.45, 7) is 6.46. The number of thiophene rings is 1. The van der Waals surface area contributed by atoms with Crippen LogP contribution in [0.3, 0.4) is 0 Å². The van der Waals surface area contributed by atoms with Gasteiger partial charge in [-0.15, -0.1) is 11.3 Å². The monoisotopic (exact) mass is 347 g/mol. The molecular formula is C14H25N3O3S2. The molecule has 0 bridgehead atoms. The SMILES string of the molecule is CC(C)CC(=O)NCCc1ccc(S(=O)(=O)N[C@@H](C)CN)s1. The van der Waals surface area contributed by atoms with E-state index in [1.165, 1.54) is 11.3 Å². The summed E-state index contributed by atoms with van der Waals surface area (Å²) in [5.41, 5.74) is 5.43. The van der Waals surface area contributed by atoms with E-state index in [2.05, 4.69) is 10.0 Å². The van der Waals surface area contributed by atoms with Crippen LogP contribution in [0.25, 0.3) is 0 Å². The van der Waals surface area contributed by atoms with Gasteiger partial charge in [0.05, 0.1) is 0 Å². The number of sulfonamides is 1. The fraction of sp³-hybridized carbons (Fsp3) is 0.643. The van der Waals surface area contributed by atoms with E-state index in [1.807, 2.05) is 13.8 Å². The van der Waals surface area contributed by atoms with E-state index in [0.717, 1.165) is 4.88 Å². The molecule has 0 aliphatic heterocycles. The van der Waals surface area contributed by atoms with Gasteiger partial charge in [0.15, 0.2) is 0 Å². The van der Waals surface area contributed by atoms with E-state index in [-0.39, 0.29) is 22.7 Å². The van der Waals surface area contributed by atoms with Crippen molar-refractivity contribution in [1.29, 1.82) is 0 Å². The molecule has 1 aromatic rings. The zero-order chi connectivity index (χ0) is 16.8. The van der Waals surface area contributed by atoms with Gasteiger partial charge < -0.3 is 11.1 Å². The van der Waals surface area contributed by atoms with Crippen LogP contribution in [-0.4, -0.2) is 33.5 Å². The Kier molecular flexibility index (Phi) is 7.47. The molecule has 1 aromatic heterocycles. The number of hydrogen-bond donors (Lipinski definition) is 3. The summed E-state index contributed by atoms with van der Waals surface area (Å²) in [6, 6.07) is 3.06. The van der Waals surface area contributed by atoms with Crippen molar-refractivity contribution in [1.82, 2.24) is 10.0 Å². The standard InChI is InChI=1S/C14H25N3O3S2/c1-10(2)8-13(18)16-7-6-12-4-5-14(21-12)22(19,20)17-11(3)9-15/h4-5,10-11,17H,6-9,15H2,1-3H3,(H,16,18)/t11-/m0/s1. The smallest absolute Gasteiger partial charge is 0.250 e. The largest absolute Gasteiger partial charge is 0.356 e. The Bertz CT molecular complexity index is 582. The second-order valence-corrected chi connectivity index (χ2v) is 8.79. The summed E-state index contributed by atoms with van der Waals surface area (Å²) >= 11 is 1.22. The van der Waals surface area contributed by atoms with Crippen molar-refractivity contribution in [3.8, 4) is 0 Å². The van der Waals surface area contributed by atoms with Gasteiger partial charge >= 0.3 is 0 Å². The van der Waals surface area contributed by atoms with Gasteiger partial charge in [-0.1, -0.05) is 13.8 Å². The first kappa shape index (κ1) is 19.1. The zero-order valence-electron chi connectivity index (χ0n) is 13.3. The van der Waals surface area contributed by atoms with Gasteiger partial charge in [0.2, 0.25) is 15.9 Å². The van der Waals surface area contributed by atoms with Crippen LogP contribution in [0.1, 0.15) is 32.1 Å². The Morgan fingerprint density at radius 1 is 1.32 bits per heavy atom. The maximum absolute atomic E-state index is 12.1. The first-order valence-corrected chi connectivity index (χ1v) is 9.62. The molecule has 0 saturated carbocycles.